The van der Waals surface area contributed by atoms with E-state index in [1.165, 1.54) is 0 Å². The van der Waals surface area contributed by atoms with E-state index in [0.717, 1.165) is 25.9 Å². The standard InChI is InChI=1S/C17H32N4O4/c1-16(2,3)24-14(22)20-13(21-15(23)25-17(4,5)6)19-11-12-7-9-18-10-8-12/h12,18H,7-11H2,1-6H3,(H2,19,20,21,22,23). The largest absolute Gasteiger partial charge is 0.444 e. The molecule has 144 valence electrons. The highest BCUT2D eigenvalue weighted by Gasteiger charge is 2.21. The van der Waals surface area contributed by atoms with Crippen LogP contribution in [0.5, 0.6) is 0 Å². The average molecular weight is 356 g/mol. The summed E-state index contributed by atoms with van der Waals surface area (Å²) in [6, 6.07) is 0. The number of hydrogen-bond donors (Lipinski definition) is 3. The number of piperidine rings is 1. The van der Waals surface area contributed by atoms with Crippen molar-refractivity contribution in [3.05, 3.63) is 0 Å². The fourth-order valence-electron chi connectivity index (χ4n) is 2.20. The van der Waals surface area contributed by atoms with E-state index in [0.29, 0.717) is 12.5 Å². The number of rotatable bonds is 2. The van der Waals surface area contributed by atoms with Gasteiger partial charge in [0.25, 0.3) is 0 Å². The molecule has 2 amide bonds. The van der Waals surface area contributed by atoms with E-state index in [1.807, 2.05) is 0 Å². The Bertz CT molecular complexity index is 454. The first-order valence-electron chi connectivity index (χ1n) is 8.70. The van der Waals surface area contributed by atoms with Crippen molar-refractivity contribution in [1.82, 2.24) is 16.0 Å². The van der Waals surface area contributed by atoms with Crippen LogP contribution < -0.4 is 16.0 Å². The molecule has 8 nitrogen and oxygen atoms in total. The molecule has 1 saturated heterocycles. The van der Waals surface area contributed by atoms with E-state index in [2.05, 4.69) is 20.9 Å². The molecule has 0 radical (unpaired) electrons. The first-order chi connectivity index (χ1) is 11.4. The predicted molar refractivity (Wildman–Crippen MR) is 96.6 cm³/mol. The Morgan fingerprint density at radius 1 is 0.960 bits per heavy atom. The van der Waals surface area contributed by atoms with Crippen molar-refractivity contribution >= 4 is 18.1 Å². The van der Waals surface area contributed by atoms with Crippen molar-refractivity contribution in [3.63, 3.8) is 0 Å². The van der Waals surface area contributed by atoms with Crippen molar-refractivity contribution in [3.8, 4) is 0 Å². The van der Waals surface area contributed by atoms with Gasteiger partial charge in [0.2, 0.25) is 5.96 Å². The topological polar surface area (TPSA) is 101 Å². The minimum atomic E-state index is -0.674. The van der Waals surface area contributed by atoms with Gasteiger partial charge in [-0.05, 0) is 73.4 Å². The maximum Gasteiger partial charge on any atom is 0.414 e. The highest BCUT2D eigenvalue weighted by Crippen LogP contribution is 2.12. The summed E-state index contributed by atoms with van der Waals surface area (Å²) >= 11 is 0. The molecule has 1 fully saturated rings. The minimum Gasteiger partial charge on any atom is -0.444 e. The first-order valence-corrected chi connectivity index (χ1v) is 8.70. The summed E-state index contributed by atoms with van der Waals surface area (Å²) < 4.78 is 10.4. The molecule has 25 heavy (non-hydrogen) atoms. The smallest absolute Gasteiger partial charge is 0.414 e. The summed E-state index contributed by atoms with van der Waals surface area (Å²) in [5.41, 5.74) is -1.29. The minimum absolute atomic E-state index is 0.0435. The Balaban J connectivity index is 2.70. The summed E-state index contributed by atoms with van der Waals surface area (Å²) in [7, 11) is 0. The van der Waals surface area contributed by atoms with Gasteiger partial charge in [-0.2, -0.15) is 0 Å². The fourth-order valence-corrected chi connectivity index (χ4v) is 2.20. The molecular formula is C17H32N4O4. The maximum absolute atomic E-state index is 12.0. The lowest BCUT2D eigenvalue weighted by atomic mass is 9.99. The van der Waals surface area contributed by atoms with Crippen LogP contribution in [0.4, 0.5) is 9.59 Å². The molecular weight excluding hydrogens is 324 g/mol. The summed E-state index contributed by atoms with van der Waals surface area (Å²) in [4.78, 5) is 28.3. The van der Waals surface area contributed by atoms with E-state index < -0.39 is 23.4 Å². The molecule has 0 spiro atoms. The molecule has 0 atom stereocenters. The highest BCUT2D eigenvalue weighted by molar-refractivity contribution is 6.01. The number of nitrogens with one attached hydrogen (secondary N) is 3. The van der Waals surface area contributed by atoms with Crippen LogP contribution in [0.15, 0.2) is 4.99 Å². The number of amides is 2. The van der Waals surface area contributed by atoms with E-state index in [9.17, 15) is 9.59 Å². The molecule has 1 aliphatic heterocycles. The number of alkyl carbamates (subject to hydrolysis) is 2. The molecule has 1 heterocycles. The van der Waals surface area contributed by atoms with Crippen molar-refractivity contribution < 1.29 is 19.1 Å². The zero-order valence-electron chi connectivity index (χ0n) is 16.2. The monoisotopic (exact) mass is 356 g/mol. The van der Waals surface area contributed by atoms with Gasteiger partial charge < -0.3 is 14.8 Å². The van der Waals surface area contributed by atoms with Crippen LogP contribution in [0, 0.1) is 5.92 Å². The molecule has 0 saturated carbocycles. The Hall–Kier alpha value is -1.83. The van der Waals surface area contributed by atoms with E-state index in [4.69, 9.17) is 9.47 Å². The lowest BCUT2D eigenvalue weighted by Crippen LogP contribution is -2.47. The molecule has 0 aromatic carbocycles. The second kappa shape index (κ2) is 9.03. The summed E-state index contributed by atoms with van der Waals surface area (Å²) in [5, 5.41) is 8.27. The van der Waals surface area contributed by atoms with Gasteiger partial charge in [-0.15, -0.1) is 0 Å². The molecule has 1 rings (SSSR count). The first kappa shape index (κ1) is 21.2. The van der Waals surface area contributed by atoms with Gasteiger partial charge in [0.15, 0.2) is 0 Å². The number of carbonyl (C=O) groups excluding carboxylic acids is 2. The Morgan fingerprint density at radius 2 is 1.40 bits per heavy atom. The molecule has 3 N–H and O–H groups in total. The van der Waals surface area contributed by atoms with Crippen LogP contribution in [-0.4, -0.2) is 49.0 Å². The van der Waals surface area contributed by atoms with E-state index in [1.54, 1.807) is 41.5 Å². The third-order valence-corrected chi connectivity index (χ3v) is 3.21. The van der Waals surface area contributed by atoms with Gasteiger partial charge in [-0.1, -0.05) is 0 Å². The quantitative estimate of drug-likeness (QED) is 0.521. The molecule has 0 aromatic heterocycles. The van der Waals surface area contributed by atoms with Gasteiger partial charge in [-0.3, -0.25) is 15.6 Å². The molecule has 1 aliphatic rings. The third-order valence-electron chi connectivity index (χ3n) is 3.21. The van der Waals surface area contributed by atoms with Gasteiger partial charge in [-0.25, -0.2) is 9.59 Å². The number of aliphatic imine (C=N–C) groups is 1. The summed E-state index contributed by atoms with van der Waals surface area (Å²) in [6.45, 7) is 13.0. The zero-order chi connectivity index (χ0) is 19.1. The van der Waals surface area contributed by atoms with Crippen LogP contribution >= 0.6 is 0 Å². The number of hydrogen-bond acceptors (Lipinski definition) is 6. The number of ether oxygens (including phenoxy) is 2. The van der Waals surface area contributed by atoms with Gasteiger partial charge in [0.05, 0.1) is 0 Å². The van der Waals surface area contributed by atoms with Gasteiger partial charge in [0, 0.05) is 6.54 Å². The van der Waals surface area contributed by atoms with Gasteiger partial charge in [0.1, 0.15) is 11.2 Å². The van der Waals surface area contributed by atoms with Crippen LogP contribution in [0.25, 0.3) is 0 Å². The van der Waals surface area contributed by atoms with E-state index in [-0.39, 0.29) is 5.96 Å². The average Bonchev–Trinajstić information content (AvgIpc) is 2.41. The number of guanidine groups is 1. The Kier molecular flexibility index (Phi) is 7.66. The van der Waals surface area contributed by atoms with Crippen molar-refractivity contribution in [2.45, 2.75) is 65.6 Å². The molecule has 0 unspecified atom stereocenters. The van der Waals surface area contributed by atoms with E-state index >= 15 is 0 Å². The lowest BCUT2D eigenvalue weighted by molar-refractivity contribution is 0.0545. The maximum atomic E-state index is 12.0. The van der Waals surface area contributed by atoms with Gasteiger partial charge >= 0.3 is 12.2 Å². The Labute approximate surface area is 150 Å². The second-order valence-electron chi connectivity index (χ2n) is 8.14. The molecule has 8 heteroatoms. The Morgan fingerprint density at radius 3 is 1.80 bits per heavy atom. The van der Waals surface area contributed by atoms with Crippen molar-refractivity contribution in [1.29, 1.82) is 0 Å². The van der Waals surface area contributed by atoms with Crippen molar-refractivity contribution in [2.75, 3.05) is 19.6 Å². The third kappa shape index (κ3) is 10.6. The second-order valence-corrected chi connectivity index (χ2v) is 8.14. The van der Waals surface area contributed by atoms with Crippen LogP contribution in [-0.2, 0) is 9.47 Å². The SMILES string of the molecule is CC(C)(C)OC(=O)NC(=NCC1CCNCC1)NC(=O)OC(C)(C)C. The fraction of sp³-hybridized carbons (Fsp3) is 0.824. The normalized spacial score (nSPS) is 15.9. The number of carbonyl (C=O) groups is 2. The zero-order valence-corrected chi connectivity index (χ0v) is 16.2. The summed E-state index contributed by atoms with van der Waals surface area (Å²) in [6.07, 6.45) is 0.672. The highest BCUT2D eigenvalue weighted by atomic mass is 16.6. The van der Waals surface area contributed by atoms with Crippen LogP contribution in [0.1, 0.15) is 54.4 Å². The van der Waals surface area contributed by atoms with Crippen LogP contribution in [0.3, 0.4) is 0 Å². The molecule has 0 aromatic rings. The molecule has 0 bridgehead atoms. The number of nitrogens with zero attached hydrogens (tertiary/aromatic N) is 1. The van der Waals surface area contributed by atoms with Crippen molar-refractivity contribution in [2.24, 2.45) is 10.9 Å². The molecule has 0 aliphatic carbocycles. The predicted octanol–water partition coefficient (Wildman–Crippen LogP) is 2.39. The lowest BCUT2D eigenvalue weighted by Gasteiger charge is -2.23. The van der Waals surface area contributed by atoms with Crippen LogP contribution in [0.2, 0.25) is 0 Å². The summed E-state index contributed by atoms with van der Waals surface area (Å²) in [5.74, 6) is 0.458.